The number of halogens is 2. The smallest absolute Gasteiger partial charge is 0.253 e. The first kappa shape index (κ1) is 18.2. The van der Waals surface area contributed by atoms with E-state index < -0.39 is 17.8 Å². The van der Waals surface area contributed by atoms with Crippen LogP contribution in [-0.2, 0) is 9.59 Å². The van der Waals surface area contributed by atoms with Crippen molar-refractivity contribution in [1.29, 1.82) is 0 Å². The van der Waals surface area contributed by atoms with Crippen molar-refractivity contribution in [3.63, 3.8) is 0 Å². The Bertz CT molecular complexity index is 653. The number of rotatable bonds is 5. The number of hydrogen-bond acceptors (Lipinski definition) is 3. The maximum atomic E-state index is 13.0. The van der Waals surface area contributed by atoms with E-state index >= 15 is 0 Å². The molecule has 130 valence electrons. The first-order valence-corrected chi connectivity index (χ1v) is 8.07. The highest BCUT2D eigenvalue weighted by molar-refractivity contribution is 6.33. The minimum absolute atomic E-state index is 0.0219. The lowest BCUT2D eigenvalue weighted by Crippen LogP contribution is -2.51. The molecule has 1 heterocycles. The van der Waals surface area contributed by atoms with Gasteiger partial charge in [0.05, 0.1) is 10.6 Å². The third-order valence-corrected chi connectivity index (χ3v) is 4.00. The van der Waals surface area contributed by atoms with Crippen LogP contribution in [-0.4, -0.2) is 36.3 Å². The number of piperidine rings is 1. The molecule has 3 amide bonds. The van der Waals surface area contributed by atoms with Crippen LogP contribution in [0, 0.1) is 5.82 Å². The molecule has 1 aromatic carbocycles. The Morgan fingerprint density at radius 3 is 2.88 bits per heavy atom. The minimum Gasteiger partial charge on any atom is -0.352 e. The van der Waals surface area contributed by atoms with Crippen molar-refractivity contribution < 1.29 is 18.8 Å². The summed E-state index contributed by atoms with van der Waals surface area (Å²) in [6.07, 6.45) is 1.72. The highest BCUT2D eigenvalue weighted by Crippen LogP contribution is 2.17. The second kappa shape index (κ2) is 8.10. The van der Waals surface area contributed by atoms with Gasteiger partial charge in [0.25, 0.3) is 5.91 Å². The molecule has 0 unspecified atom stereocenters. The quantitative estimate of drug-likeness (QED) is 0.745. The number of nitrogens with one attached hydrogen (secondary N) is 3. The summed E-state index contributed by atoms with van der Waals surface area (Å²) >= 11 is 5.84. The van der Waals surface area contributed by atoms with Crippen LogP contribution in [0.2, 0.25) is 5.02 Å². The maximum Gasteiger partial charge on any atom is 0.253 e. The first-order valence-electron chi connectivity index (χ1n) is 7.70. The van der Waals surface area contributed by atoms with E-state index in [9.17, 15) is 18.8 Å². The molecule has 1 saturated heterocycles. The van der Waals surface area contributed by atoms with Crippen LogP contribution in [0.5, 0.6) is 0 Å². The van der Waals surface area contributed by atoms with Gasteiger partial charge < -0.3 is 16.0 Å². The lowest BCUT2D eigenvalue weighted by atomic mass is 10.0. The maximum absolute atomic E-state index is 13.0. The topological polar surface area (TPSA) is 87.3 Å². The fraction of sp³-hybridized carbons (Fsp3) is 0.438. The summed E-state index contributed by atoms with van der Waals surface area (Å²) in [6, 6.07) is 2.63. The van der Waals surface area contributed by atoms with Gasteiger partial charge in [-0.2, -0.15) is 0 Å². The average Bonchev–Trinajstić information content (AvgIpc) is 2.52. The van der Waals surface area contributed by atoms with Crippen LogP contribution in [0.4, 0.5) is 4.39 Å². The lowest BCUT2D eigenvalue weighted by Gasteiger charge is -2.23. The fourth-order valence-corrected chi connectivity index (χ4v) is 2.66. The van der Waals surface area contributed by atoms with Crippen LogP contribution < -0.4 is 16.0 Å². The van der Waals surface area contributed by atoms with Crippen LogP contribution in [0.3, 0.4) is 0 Å². The molecule has 6 nitrogen and oxygen atoms in total. The van der Waals surface area contributed by atoms with Gasteiger partial charge in [-0.05, 0) is 38.0 Å². The molecular weight excluding hydrogens is 337 g/mol. The second-order valence-corrected chi connectivity index (χ2v) is 6.16. The van der Waals surface area contributed by atoms with Gasteiger partial charge in [0, 0.05) is 19.0 Å². The van der Waals surface area contributed by atoms with E-state index in [4.69, 9.17) is 11.6 Å². The zero-order valence-electron chi connectivity index (χ0n) is 13.2. The van der Waals surface area contributed by atoms with E-state index in [2.05, 4.69) is 16.0 Å². The Labute approximate surface area is 144 Å². The minimum atomic E-state index is -0.527. The number of carbonyl (C=O) groups excluding carboxylic acids is 3. The van der Waals surface area contributed by atoms with Crippen LogP contribution >= 0.6 is 11.6 Å². The monoisotopic (exact) mass is 355 g/mol. The van der Waals surface area contributed by atoms with Gasteiger partial charge >= 0.3 is 0 Å². The van der Waals surface area contributed by atoms with Crippen molar-refractivity contribution in [1.82, 2.24) is 16.0 Å². The predicted molar refractivity (Wildman–Crippen MR) is 87.1 cm³/mol. The van der Waals surface area contributed by atoms with E-state index in [1.165, 1.54) is 6.07 Å². The third kappa shape index (κ3) is 4.92. The number of hydrogen-bond donors (Lipinski definition) is 3. The van der Waals surface area contributed by atoms with Crippen molar-refractivity contribution in [2.24, 2.45) is 0 Å². The Kier molecular flexibility index (Phi) is 6.14. The van der Waals surface area contributed by atoms with E-state index in [0.29, 0.717) is 19.3 Å². The van der Waals surface area contributed by atoms with E-state index in [1.54, 1.807) is 6.92 Å². The molecule has 0 saturated carbocycles. The molecule has 0 aromatic heterocycles. The summed E-state index contributed by atoms with van der Waals surface area (Å²) in [5.74, 6) is -1.38. The molecule has 3 N–H and O–H groups in total. The van der Waals surface area contributed by atoms with Crippen LogP contribution in [0.25, 0.3) is 0 Å². The van der Waals surface area contributed by atoms with Gasteiger partial charge in [0.15, 0.2) is 0 Å². The molecule has 0 bridgehead atoms. The summed E-state index contributed by atoms with van der Waals surface area (Å²) in [5, 5.41) is 8.02. The van der Waals surface area contributed by atoms with Crippen LogP contribution in [0.1, 0.15) is 36.5 Å². The fourth-order valence-electron chi connectivity index (χ4n) is 2.41. The molecular formula is C16H19ClFN3O3. The van der Waals surface area contributed by atoms with E-state index in [1.807, 2.05) is 0 Å². The van der Waals surface area contributed by atoms with Crippen molar-refractivity contribution >= 4 is 29.3 Å². The normalized spacial score (nSPS) is 18.5. The van der Waals surface area contributed by atoms with Gasteiger partial charge in [-0.3, -0.25) is 14.4 Å². The van der Waals surface area contributed by atoms with Crippen molar-refractivity contribution in [3.05, 3.63) is 34.6 Å². The molecule has 0 radical (unpaired) electrons. The molecule has 0 spiro atoms. The molecule has 2 atom stereocenters. The average molecular weight is 356 g/mol. The highest BCUT2D eigenvalue weighted by Gasteiger charge is 2.24. The Morgan fingerprint density at radius 2 is 2.21 bits per heavy atom. The summed E-state index contributed by atoms with van der Waals surface area (Å²) in [5.41, 5.74) is 0.163. The van der Waals surface area contributed by atoms with Gasteiger partial charge in [-0.1, -0.05) is 11.6 Å². The molecule has 2 rings (SSSR count). The van der Waals surface area contributed by atoms with Crippen molar-refractivity contribution in [2.75, 3.05) is 6.54 Å². The molecule has 1 fully saturated rings. The van der Waals surface area contributed by atoms with E-state index in [-0.39, 0.29) is 35.0 Å². The van der Waals surface area contributed by atoms with Crippen molar-refractivity contribution in [3.8, 4) is 0 Å². The Morgan fingerprint density at radius 1 is 1.46 bits per heavy atom. The van der Waals surface area contributed by atoms with Gasteiger partial charge in [0.1, 0.15) is 11.9 Å². The molecule has 0 aliphatic carbocycles. The third-order valence-electron chi connectivity index (χ3n) is 3.68. The molecule has 24 heavy (non-hydrogen) atoms. The lowest BCUT2D eigenvalue weighted by molar-refractivity contribution is -0.131. The molecule has 1 aliphatic heterocycles. The molecule has 1 aromatic rings. The molecule has 8 heteroatoms. The van der Waals surface area contributed by atoms with E-state index in [0.717, 1.165) is 12.1 Å². The largest absolute Gasteiger partial charge is 0.352 e. The first-order chi connectivity index (χ1) is 11.4. The van der Waals surface area contributed by atoms with Crippen molar-refractivity contribution in [2.45, 2.75) is 38.3 Å². The summed E-state index contributed by atoms with van der Waals surface area (Å²) in [6.45, 7) is 1.92. The molecule has 1 aliphatic rings. The predicted octanol–water partition coefficient (Wildman–Crippen LogP) is 1.38. The number of benzene rings is 1. The second-order valence-electron chi connectivity index (χ2n) is 5.76. The van der Waals surface area contributed by atoms with Gasteiger partial charge in [-0.15, -0.1) is 0 Å². The van der Waals surface area contributed by atoms with Crippen LogP contribution in [0.15, 0.2) is 18.2 Å². The number of carbonyl (C=O) groups is 3. The number of amides is 3. The summed E-state index contributed by atoms with van der Waals surface area (Å²) in [4.78, 5) is 35.4. The highest BCUT2D eigenvalue weighted by atomic mass is 35.5. The van der Waals surface area contributed by atoms with Gasteiger partial charge in [0.2, 0.25) is 11.8 Å². The summed E-state index contributed by atoms with van der Waals surface area (Å²) < 4.78 is 13.0. The SMILES string of the molecule is C[C@@H](CNC(=O)[C@H]1CCCC(=O)N1)NC(=O)c1ccc(F)cc1Cl. The Hall–Kier alpha value is -2.15. The standard InChI is InChI=1S/C16H19ClFN3O3/c1-9(8-19-16(24)13-3-2-4-14(22)21-13)20-15(23)11-6-5-10(18)7-12(11)17/h5-7,9,13H,2-4,8H2,1H3,(H,19,24)(H,20,23)(H,21,22)/t9-,13+/m0/s1. The zero-order valence-corrected chi connectivity index (χ0v) is 14.0. The van der Waals surface area contributed by atoms with Gasteiger partial charge in [-0.25, -0.2) is 4.39 Å². The zero-order chi connectivity index (χ0) is 17.7. The summed E-state index contributed by atoms with van der Waals surface area (Å²) in [7, 11) is 0. The Balaban J connectivity index is 1.82.